The summed E-state index contributed by atoms with van der Waals surface area (Å²) in [5, 5.41) is 10.3. The summed E-state index contributed by atoms with van der Waals surface area (Å²) in [5.74, 6) is 0. The molecule has 0 amide bonds. The van der Waals surface area contributed by atoms with E-state index >= 15 is 0 Å². The highest BCUT2D eigenvalue weighted by molar-refractivity contribution is 7.25. The van der Waals surface area contributed by atoms with Crippen molar-refractivity contribution >= 4 is 103 Å². The minimum absolute atomic E-state index is 0.541. The predicted molar refractivity (Wildman–Crippen MR) is 256 cm³/mol. The summed E-state index contributed by atoms with van der Waals surface area (Å²) in [6.07, 6.45) is 0. The van der Waals surface area contributed by atoms with Gasteiger partial charge in [-0.2, -0.15) is 0 Å². The van der Waals surface area contributed by atoms with Gasteiger partial charge in [-0.05, 0) is 76.3 Å². The van der Waals surface area contributed by atoms with Crippen LogP contribution in [0.4, 0.5) is 5.69 Å². The molecule has 4 aromatic heterocycles. The Bertz CT molecular complexity index is 4010. The SMILES string of the molecule is [C-]#[N+]c1cc(-c2nc3c(nc2-c2cccc4c2c2ccccc2n4-c2ccccc2)sc2ccccc23)ccc1-n1c2cc3ccccc3cc2c2ccc3ccccc3c21. The molecule has 4 heterocycles. The molecule has 0 unspecified atom stereocenters. The van der Waals surface area contributed by atoms with E-state index in [2.05, 4.69) is 196 Å². The third kappa shape index (κ3) is 4.93. The predicted octanol–water partition coefficient (Wildman–Crippen LogP) is 15.2. The highest BCUT2D eigenvalue weighted by Gasteiger charge is 2.24. The average Bonchev–Trinajstić information content (AvgIpc) is 3.97. The van der Waals surface area contributed by atoms with Gasteiger partial charge in [-0.25, -0.2) is 14.8 Å². The number of thiophene rings is 1. The summed E-state index contributed by atoms with van der Waals surface area (Å²) in [6.45, 7) is 8.75. The maximum atomic E-state index is 8.75. The fourth-order valence-corrected chi connectivity index (χ4v) is 10.7. The summed E-state index contributed by atoms with van der Waals surface area (Å²) >= 11 is 1.67. The van der Waals surface area contributed by atoms with Gasteiger partial charge in [-0.3, -0.25) is 0 Å². The summed E-state index contributed by atoms with van der Waals surface area (Å²) < 4.78 is 5.78. The number of benzene rings is 9. The van der Waals surface area contributed by atoms with E-state index in [-0.39, 0.29) is 0 Å². The molecule has 0 radical (unpaired) electrons. The maximum Gasteiger partial charge on any atom is 0.211 e. The number of rotatable bonds is 4. The normalized spacial score (nSPS) is 11.9. The van der Waals surface area contributed by atoms with Gasteiger partial charge in [0, 0.05) is 48.3 Å². The van der Waals surface area contributed by atoms with Crippen LogP contribution in [0, 0.1) is 6.57 Å². The fourth-order valence-electron chi connectivity index (χ4n) is 9.65. The Morgan fingerprint density at radius 3 is 2.05 bits per heavy atom. The lowest BCUT2D eigenvalue weighted by Crippen LogP contribution is -1.98. The van der Waals surface area contributed by atoms with E-state index in [4.69, 9.17) is 16.5 Å². The van der Waals surface area contributed by atoms with Crippen LogP contribution in [0.2, 0.25) is 0 Å². The first-order valence-corrected chi connectivity index (χ1v) is 21.2. The van der Waals surface area contributed by atoms with Gasteiger partial charge < -0.3 is 9.13 Å². The first-order chi connectivity index (χ1) is 30.2. The van der Waals surface area contributed by atoms with Crippen molar-refractivity contribution in [3.63, 3.8) is 0 Å². The lowest BCUT2D eigenvalue weighted by molar-refractivity contribution is 1.18. The number of hydrogen-bond acceptors (Lipinski definition) is 3. The van der Waals surface area contributed by atoms with E-state index in [1.165, 1.54) is 5.39 Å². The second-order valence-electron chi connectivity index (χ2n) is 15.6. The van der Waals surface area contributed by atoms with Crippen LogP contribution in [0.25, 0.3) is 124 Å². The third-order valence-corrected chi connectivity index (χ3v) is 13.4. The van der Waals surface area contributed by atoms with Crippen LogP contribution < -0.4 is 0 Å². The number of aromatic nitrogens is 4. The molecule has 0 saturated carbocycles. The van der Waals surface area contributed by atoms with Crippen LogP contribution >= 0.6 is 11.3 Å². The largest absolute Gasteiger partial charge is 0.318 e. The summed E-state index contributed by atoms with van der Waals surface area (Å²) in [7, 11) is 0. The molecule has 5 nitrogen and oxygen atoms in total. The van der Waals surface area contributed by atoms with E-state index in [0.717, 1.165) is 114 Å². The monoisotopic (exact) mass is 793 g/mol. The van der Waals surface area contributed by atoms with Crippen molar-refractivity contribution in [2.75, 3.05) is 0 Å². The van der Waals surface area contributed by atoms with Gasteiger partial charge in [0.05, 0.1) is 45.7 Å². The molecule has 0 fully saturated rings. The molecule has 61 heavy (non-hydrogen) atoms. The zero-order valence-corrected chi connectivity index (χ0v) is 33.4. The topological polar surface area (TPSA) is 40.0 Å². The van der Waals surface area contributed by atoms with Crippen LogP contribution in [0.1, 0.15) is 0 Å². The first-order valence-electron chi connectivity index (χ1n) is 20.4. The van der Waals surface area contributed by atoms with Crippen LogP contribution in [0.5, 0.6) is 0 Å². The molecular weight excluding hydrogens is 763 g/mol. The summed E-state index contributed by atoms with van der Waals surface area (Å²) in [5.41, 5.74) is 11.1. The maximum absolute atomic E-state index is 8.75. The average molecular weight is 794 g/mol. The molecule has 0 spiro atoms. The Balaban J connectivity index is 1.11. The van der Waals surface area contributed by atoms with Crippen molar-refractivity contribution < 1.29 is 0 Å². The van der Waals surface area contributed by atoms with Crippen molar-refractivity contribution in [2.45, 2.75) is 0 Å². The lowest BCUT2D eigenvalue weighted by Gasteiger charge is -2.15. The quantitative estimate of drug-likeness (QED) is 0.167. The van der Waals surface area contributed by atoms with Gasteiger partial charge in [-0.15, -0.1) is 11.3 Å². The van der Waals surface area contributed by atoms with E-state index in [1.807, 2.05) is 6.07 Å². The van der Waals surface area contributed by atoms with Gasteiger partial charge in [0.15, 0.2) is 0 Å². The number of hydrogen-bond donors (Lipinski definition) is 0. The minimum atomic E-state index is 0.541. The lowest BCUT2D eigenvalue weighted by atomic mass is 9.98. The number of nitrogens with zero attached hydrogens (tertiary/aromatic N) is 5. The molecule has 9 aromatic carbocycles. The Morgan fingerprint density at radius 2 is 1.20 bits per heavy atom. The second kappa shape index (κ2) is 12.9. The zero-order valence-electron chi connectivity index (χ0n) is 32.5. The van der Waals surface area contributed by atoms with E-state index < -0.39 is 0 Å². The highest BCUT2D eigenvalue weighted by atomic mass is 32.1. The Labute approximate surface area is 353 Å². The van der Waals surface area contributed by atoms with Gasteiger partial charge in [0.25, 0.3) is 0 Å². The van der Waals surface area contributed by atoms with Crippen molar-refractivity contribution in [1.82, 2.24) is 19.1 Å². The molecule has 0 bridgehead atoms. The molecule has 0 N–H and O–H groups in total. The van der Waals surface area contributed by atoms with E-state index in [1.54, 1.807) is 11.3 Å². The third-order valence-electron chi connectivity index (χ3n) is 12.3. The molecule has 0 aliphatic rings. The van der Waals surface area contributed by atoms with Crippen LogP contribution in [-0.4, -0.2) is 19.1 Å². The van der Waals surface area contributed by atoms with Crippen LogP contribution in [-0.2, 0) is 0 Å². The molecule has 0 atom stereocenters. The molecule has 282 valence electrons. The van der Waals surface area contributed by atoms with Gasteiger partial charge in [0.2, 0.25) is 5.69 Å². The van der Waals surface area contributed by atoms with Crippen LogP contribution in [0.15, 0.2) is 188 Å². The Hall–Kier alpha value is -8.11. The Morgan fingerprint density at radius 1 is 0.475 bits per heavy atom. The van der Waals surface area contributed by atoms with Gasteiger partial charge in [0.1, 0.15) is 10.3 Å². The summed E-state index contributed by atoms with van der Waals surface area (Å²) in [6, 6.07) is 66.4. The molecule has 6 heteroatoms. The first kappa shape index (κ1) is 33.8. The smallest absolute Gasteiger partial charge is 0.211 e. The van der Waals surface area contributed by atoms with Crippen molar-refractivity contribution in [2.24, 2.45) is 0 Å². The van der Waals surface area contributed by atoms with E-state index in [0.29, 0.717) is 5.69 Å². The van der Waals surface area contributed by atoms with Crippen molar-refractivity contribution in [3.05, 3.63) is 199 Å². The number of fused-ring (bicyclic) bond motifs is 12. The second-order valence-corrected chi connectivity index (χ2v) is 16.6. The molecule has 13 aromatic rings. The van der Waals surface area contributed by atoms with Crippen LogP contribution in [0.3, 0.4) is 0 Å². The van der Waals surface area contributed by atoms with E-state index in [9.17, 15) is 0 Å². The van der Waals surface area contributed by atoms with Crippen molar-refractivity contribution in [1.29, 1.82) is 0 Å². The summed E-state index contributed by atoms with van der Waals surface area (Å²) in [4.78, 5) is 16.2. The Kier molecular flexibility index (Phi) is 7.18. The molecule has 0 saturated heterocycles. The zero-order chi connectivity index (χ0) is 40.2. The standard InChI is InChI=1S/C55H31N5S/c1-56-44-31-36(27-29-46(44)60-48-32-35-16-6-5-15-34(35)30-43(48)39-28-26-33-14-7-8-19-38(33)54(39)60)51-52(58-55-53(57-51)41-21-10-12-25-49(41)61-55)42-22-13-24-47-50(42)40-20-9-11-23-45(40)59(47)37-17-3-2-4-18-37/h2-32H. The van der Waals surface area contributed by atoms with Gasteiger partial charge >= 0.3 is 0 Å². The molecule has 0 aliphatic carbocycles. The van der Waals surface area contributed by atoms with Gasteiger partial charge in [-0.1, -0.05) is 133 Å². The fraction of sp³-hybridized carbons (Fsp3) is 0. The molecule has 0 aliphatic heterocycles. The minimum Gasteiger partial charge on any atom is -0.318 e. The molecular formula is C55H31N5S. The molecule has 13 rings (SSSR count). The number of para-hydroxylation sites is 2. The highest BCUT2D eigenvalue weighted by Crippen LogP contribution is 2.45. The van der Waals surface area contributed by atoms with Crippen molar-refractivity contribution in [3.8, 4) is 33.9 Å².